The predicted octanol–water partition coefficient (Wildman–Crippen LogP) is 2.40. The minimum Gasteiger partial charge on any atom is -0.508 e. The standard InChI is InChI=1S/C15H15NO4/c1-9(17)10-3-2-4-12(5-10)16-15(20)11-6-13(18)8-14(19)7-11/h2-9,17-19H,1H3,(H,16,20). The fourth-order valence-electron chi connectivity index (χ4n) is 1.81. The molecule has 0 radical (unpaired) electrons. The van der Waals surface area contributed by atoms with E-state index in [-0.39, 0.29) is 17.1 Å². The largest absolute Gasteiger partial charge is 0.508 e. The Morgan fingerprint density at radius 3 is 2.35 bits per heavy atom. The monoisotopic (exact) mass is 273 g/mol. The quantitative estimate of drug-likeness (QED) is 0.691. The number of aliphatic hydroxyl groups is 1. The zero-order chi connectivity index (χ0) is 14.7. The molecular weight excluding hydrogens is 258 g/mol. The van der Waals surface area contributed by atoms with Crippen molar-refractivity contribution in [2.45, 2.75) is 13.0 Å². The van der Waals surface area contributed by atoms with Crippen molar-refractivity contribution >= 4 is 11.6 Å². The average Bonchev–Trinajstić information content (AvgIpc) is 2.37. The number of nitrogens with one attached hydrogen (secondary N) is 1. The molecule has 0 aliphatic heterocycles. The van der Waals surface area contributed by atoms with Crippen LogP contribution in [0.4, 0.5) is 5.69 Å². The zero-order valence-corrected chi connectivity index (χ0v) is 10.9. The van der Waals surface area contributed by atoms with Gasteiger partial charge in [-0.15, -0.1) is 0 Å². The van der Waals surface area contributed by atoms with Gasteiger partial charge in [0.05, 0.1) is 6.10 Å². The van der Waals surface area contributed by atoms with Gasteiger partial charge in [0.25, 0.3) is 5.91 Å². The first-order valence-electron chi connectivity index (χ1n) is 6.08. The normalized spacial score (nSPS) is 11.9. The Morgan fingerprint density at radius 2 is 1.75 bits per heavy atom. The molecule has 0 fully saturated rings. The maximum absolute atomic E-state index is 12.0. The summed E-state index contributed by atoms with van der Waals surface area (Å²) < 4.78 is 0. The maximum atomic E-state index is 12.0. The highest BCUT2D eigenvalue weighted by molar-refractivity contribution is 6.04. The summed E-state index contributed by atoms with van der Waals surface area (Å²) in [6.07, 6.45) is -0.628. The van der Waals surface area contributed by atoms with E-state index in [0.29, 0.717) is 11.3 Å². The second-order valence-corrected chi connectivity index (χ2v) is 4.49. The summed E-state index contributed by atoms with van der Waals surface area (Å²) in [6, 6.07) is 10.5. The Bertz CT molecular complexity index is 617. The van der Waals surface area contributed by atoms with Crippen molar-refractivity contribution in [1.82, 2.24) is 0 Å². The Hall–Kier alpha value is -2.53. The van der Waals surface area contributed by atoms with Crippen LogP contribution in [0.1, 0.15) is 28.9 Å². The van der Waals surface area contributed by atoms with E-state index in [2.05, 4.69) is 5.32 Å². The van der Waals surface area contributed by atoms with E-state index >= 15 is 0 Å². The number of carbonyl (C=O) groups is 1. The molecule has 1 atom stereocenters. The highest BCUT2D eigenvalue weighted by Crippen LogP contribution is 2.22. The Labute approximate surface area is 116 Å². The van der Waals surface area contributed by atoms with Gasteiger partial charge in [-0.2, -0.15) is 0 Å². The van der Waals surface area contributed by atoms with Crippen LogP contribution in [-0.4, -0.2) is 21.2 Å². The summed E-state index contributed by atoms with van der Waals surface area (Å²) in [5.41, 5.74) is 1.35. The number of benzene rings is 2. The van der Waals surface area contributed by atoms with Gasteiger partial charge in [-0.1, -0.05) is 12.1 Å². The first-order valence-corrected chi connectivity index (χ1v) is 6.08. The van der Waals surface area contributed by atoms with E-state index in [0.717, 1.165) is 6.07 Å². The number of hydrogen-bond acceptors (Lipinski definition) is 4. The lowest BCUT2D eigenvalue weighted by molar-refractivity contribution is 0.102. The third-order valence-electron chi connectivity index (χ3n) is 2.79. The summed E-state index contributed by atoms with van der Waals surface area (Å²) in [6.45, 7) is 1.63. The molecule has 0 spiro atoms. The molecule has 2 rings (SSSR count). The number of phenols is 2. The molecule has 0 heterocycles. The van der Waals surface area contributed by atoms with E-state index < -0.39 is 12.0 Å². The number of rotatable bonds is 3. The van der Waals surface area contributed by atoms with Crippen molar-refractivity contribution in [2.24, 2.45) is 0 Å². The van der Waals surface area contributed by atoms with E-state index in [9.17, 15) is 20.1 Å². The van der Waals surface area contributed by atoms with Gasteiger partial charge < -0.3 is 20.6 Å². The number of anilines is 1. The van der Waals surface area contributed by atoms with Crippen LogP contribution in [0.3, 0.4) is 0 Å². The summed E-state index contributed by atoms with van der Waals surface area (Å²) in [7, 11) is 0. The molecule has 20 heavy (non-hydrogen) atoms. The van der Waals surface area contributed by atoms with Crippen LogP contribution >= 0.6 is 0 Å². The highest BCUT2D eigenvalue weighted by atomic mass is 16.3. The molecule has 4 N–H and O–H groups in total. The van der Waals surface area contributed by atoms with Gasteiger partial charge in [0.2, 0.25) is 0 Å². The summed E-state index contributed by atoms with van der Waals surface area (Å²) in [5, 5.41) is 30.8. The summed E-state index contributed by atoms with van der Waals surface area (Å²) >= 11 is 0. The minimum atomic E-state index is -0.628. The number of amides is 1. The third kappa shape index (κ3) is 3.27. The van der Waals surface area contributed by atoms with Crippen LogP contribution in [-0.2, 0) is 0 Å². The maximum Gasteiger partial charge on any atom is 0.255 e. The molecule has 5 heteroatoms. The molecule has 1 amide bonds. The van der Waals surface area contributed by atoms with Crippen LogP contribution in [0.5, 0.6) is 11.5 Å². The van der Waals surface area contributed by atoms with Crippen molar-refractivity contribution in [3.8, 4) is 11.5 Å². The van der Waals surface area contributed by atoms with Crippen molar-refractivity contribution in [3.63, 3.8) is 0 Å². The van der Waals surface area contributed by atoms with Gasteiger partial charge in [-0.3, -0.25) is 4.79 Å². The SMILES string of the molecule is CC(O)c1cccc(NC(=O)c2cc(O)cc(O)c2)c1. The fraction of sp³-hybridized carbons (Fsp3) is 0.133. The molecule has 2 aromatic carbocycles. The van der Waals surface area contributed by atoms with Crippen molar-refractivity contribution in [3.05, 3.63) is 53.6 Å². The van der Waals surface area contributed by atoms with Crippen LogP contribution in [0, 0.1) is 0 Å². The average molecular weight is 273 g/mol. The van der Waals surface area contributed by atoms with Gasteiger partial charge in [0, 0.05) is 17.3 Å². The van der Waals surface area contributed by atoms with Crippen molar-refractivity contribution in [2.75, 3.05) is 5.32 Å². The number of carbonyl (C=O) groups excluding carboxylic acids is 1. The Morgan fingerprint density at radius 1 is 1.10 bits per heavy atom. The molecule has 5 nitrogen and oxygen atoms in total. The molecular formula is C15H15NO4. The summed E-state index contributed by atoms with van der Waals surface area (Å²) in [5.74, 6) is -0.834. The number of phenolic OH excluding ortho intramolecular Hbond substituents is 2. The number of aromatic hydroxyl groups is 2. The lowest BCUT2D eigenvalue weighted by Crippen LogP contribution is -2.12. The van der Waals surface area contributed by atoms with Crippen molar-refractivity contribution in [1.29, 1.82) is 0 Å². The molecule has 0 aliphatic rings. The van der Waals surface area contributed by atoms with Crippen LogP contribution in [0.25, 0.3) is 0 Å². The van der Waals surface area contributed by atoms with Crippen LogP contribution in [0.15, 0.2) is 42.5 Å². The van der Waals surface area contributed by atoms with E-state index in [1.165, 1.54) is 12.1 Å². The second-order valence-electron chi connectivity index (χ2n) is 4.49. The first kappa shape index (κ1) is 13.9. The van der Waals surface area contributed by atoms with Crippen LogP contribution in [0.2, 0.25) is 0 Å². The Kier molecular flexibility index (Phi) is 3.91. The lowest BCUT2D eigenvalue weighted by atomic mass is 10.1. The molecule has 0 aliphatic carbocycles. The molecule has 104 valence electrons. The van der Waals surface area contributed by atoms with Crippen molar-refractivity contribution < 1.29 is 20.1 Å². The molecule has 0 saturated carbocycles. The van der Waals surface area contributed by atoms with E-state index in [1.807, 2.05) is 0 Å². The fourth-order valence-corrected chi connectivity index (χ4v) is 1.81. The minimum absolute atomic E-state index is 0.143. The number of hydrogen-bond donors (Lipinski definition) is 4. The zero-order valence-electron chi connectivity index (χ0n) is 10.9. The van der Waals surface area contributed by atoms with Crippen LogP contribution < -0.4 is 5.32 Å². The molecule has 2 aromatic rings. The number of aliphatic hydroxyl groups excluding tert-OH is 1. The van der Waals surface area contributed by atoms with Gasteiger partial charge >= 0.3 is 0 Å². The topological polar surface area (TPSA) is 89.8 Å². The second kappa shape index (κ2) is 5.63. The van der Waals surface area contributed by atoms with Gasteiger partial charge in [-0.25, -0.2) is 0 Å². The van der Waals surface area contributed by atoms with E-state index in [4.69, 9.17) is 0 Å². The van der Waals surface area contributed by atoms with Gasteiger partial charge in [0.15, 0.2) is 0 Å². The summed E-state index contributed by atoms with van der Waals surface area (Å²) in [4.78, 5) is 12.0. The predicted molar refractivity (Wildman–Crippen MR) is 74.8 cm³/mol. The van der Waals surface area contributed by atoms with E-state index in [1.54, 1.807) is 31.2 Å². The molecule has 0 saturated heterocycles. The smallest absolute Gasteiger partial charge is 0.255 e. The highest BCUT2D eigenvalue weighted by Gasteiger charge is 2.10. The Balaban J connectivity index is 2.21. The van der Waals surface area contributed by atoms with Gasteiger partial charge in [-0.05, 0) is 36.8 Å². The first-order chi connectivity index (χ1) is 9.45. The lowest BCUT2D eigenvalue weighted by Gasteiger charge is -2.09. The molecule has 1 unspecified atom stereocenters. The van der Waals surface area contributed by atoms with Gasteiger partial charge in [0.1, 0.15) is 11.5 Å². The third-order valence-corrected chi connectivity index (χ3v) is 2.79. The molecule has 0 aromatic heterocycles. The molecule has 0 bridgehead atoms.